The van der Waals surface area contributed by atoms with E-state index in [0.29, 0.717) is 32.6 Å². The molecule has 1 aliphatic heterocycles. The Kier molecular flexibility index (Phi) is 23.6. The lowest BCUT2D eigenvalue weighted by molar-refractivity contribution is -0.137. The van der Waals surface area contributed by atoms with Gasteiger partial charge in [0.15, 0.2) is 0 Å². The molecule has 0 saturated heterocycles. The van der Waals surface area contributed by atoms with Crippen LogP contribution in [0.5, 0.6) is 0 Å². The minimum absolute atomic E-state index is 0.00672. The number of imide groups is 1. The van der Waals surface area contributed by atoms with Gasteiger partial charge in [-0.1, -0.05) is 27.7 Å². The second-order valence-electron chi connectivity index (χ2n) is 14.1. The van der Waals surface area contributed by atoms with Crippen molar-refractivity contribution in [2.24, 2.45) is 10.8 Å². The minimum Gasteiger partial charge on any atom is -0.379 e. The first-order valence-corrected chi connectivity index (χ1v) is 17.9. The molecule has 0 fully saturated rings. The van der Waals surface area contributed by atoms with Crippen molar-refractivity contribution in [1.82, 2.24) is 36.8 Å². The molecular formula is C35H59N7O12. The van der Waals surface area contributed by atoms with E-state index in [1.165, 1.54) is 5.01 Å². The van der Waals surface area contributed by atoms with E-state index < -0.39 is 35.6 Å². The third-order valence-corrected chi connectivity index (χ3v) is 7.63. The molecule has 19 heteroatoms. The molecule has 0 aromatic heterocycles. The fraction of sp³-hybridized carbons (Fsp3) is 0.714. The molecule has 0 unspecified atom stereocenters. The van der Waals surface area contributed by atoms with E-state index in [9.17, 15) is 38.4 Å². The van der Waals surface area contributed by atoms with Crippen LogP contribution in [0.1, 0.15) is 66.2 Å². The maximum absolute atomic E-state index is 13.1. The summed E-state index contributed by atoms with van der Waals surface area (Å²) in [4.78, 5) is 95.9. The summed E-state index contributed by atoms with van der Waals surface area (Å²) in [5.74, 6) is -2.68. The van der Waals surface area contributed by atoms with Gasteiger partial charge in [-0.2, -0.15) is 5.01 Å². The normalized spacial score (nSPS) is 13.6. The predicted octanol–water partition coefficient (Wildman–Crippen LogP) is -1.09. The number of hydrogen-bond donors (Lipinski definition) is 5. The molecule has 6 amide bonds. The Bertz CT molecular complexity index is 1240. The Morgan fingerprint density at radius 2 is 1.35 bits per heavy atom. The molecule has 0 radical (unpaired) electrons. The van der Waals surface area contributed by atoms with Crippen LogP contribution in [0, 0.1) is 10.8 Å². The standard InChI is InChI=1S/C35H59N7O12/c1-34(2,12-17-43)24-53-21-15-37-39-30(47)7-6-27(33(50)40-41(5)26-54-25-35(3,4)13-18-44)38-29(46)11-19-51-22-23-52-20-14-36-28(45)10-16-42-31(48)8-9-32(42)49/h8-9,17-18,27,37H,6-7,10-16,19-26H2,1-5H3,(H,36,45)(H,38,46)(H,39,47)(H,40,50)/t27-/m0/s1. The highest BCUT2D eigenvalue weighted by molar-refractivity contribution is 6.13. The summed E-state index contributed by atoms with van der Waals surface area (Å²) in [7, 11) is 1.58. The van der Waals surface area contributed by atoms with Crippen LogP contribution in [-0.4, -0.2) is 144 Å². The van der Waals surface area contributed by atoms with Gasteiger partial charge >= 0.3 is 0 Å². The fourth-order valence-electron chi connectivity index (χ4n) is 4.53. The van der Waals surface area contributed by atoms with Crippen LogP contribution in [0.15, 0.2) is 12.2 Å². The SMILES string of the molecule is CN(COCC(C)(C)CC=O)NC(=O)[C@H](CCC(=O)NNCCOCC(C)(C)CC=O)NC(=O)CCOCCOCCNC(=O)CCN1C(=O)C=CC1=O. The van der Waals surface area contributed by atoms with Crippen molar-refractivity contribution in [3.63, 3.8) is 0 Å². The highest BCUT2D eigenvalue weighted by Gasteiger charge is 2.25. The number of amides is 6. The van der Waals surface area contributed by atoms with Crippen LogP contribution < -0.4 is 26.9 Å². The van der Waals surface area contributed by atoms with Crippen molar-refractivity contribution in [3.8, 4) is 0 Å². The van der Waals surface area contributed by atoms with E-state index in [0.717, 1.165) is 29.6 Å². The Balaban J connectivity index is 2.43. The molecule has 306 valence electrons. The van der Waals surface area contributed by atoms with Gasteiger partial charge in [0.2, 0.25) is 17.7 Å². The summed E-state index contributed by atoms with van der Waals surface area (Å²) in [5, 5.41) is 6.67. The van der Waals surface area contributed by atoms with Crippen LogP contribution in [-0.2, 0) is 57.3 Å². The van der Waals surface area contributed by atoms with E-state index in [2.05, 4.69) is 26.9 Å². The zero-order valence-electron chi connectivity index (χ0n) is 32.2. The van der Waals surface area contributed by atoms with Crippen LogP contribution in [0.3, 0.4) is 0 Å². The van der Waals surface area contributed by atoms with Crippen LogP contribution in [0.25, 0.3) is 0 Å². The number of hydrogen-bond acceptors (Lipinski definition) is 14. The molecule has 0 aliphatic carbocycles. The quantitative estimate of drug-likeness (QED) is 0.0180. The van der Waals surface area contributed by atoms with Gasteiger partial charge < -0.3 is 39.2 Å². The average molecular weight is 770 g/mol. The van der Waals surface area contributed by atoms with Crippen LogP contribution in [0.4, 0.5) is 0 Å². The van der Waals surface area contributed by atoms with E-state index in [-0.39, 0.29) is 95.3 Å². The second kappa shape index (κ2) is 26.6. The van der Waals surface area contributed by atoms with Crippen molar-refractivity contribution in [1.29, 1.82) is 0 Å². The second-order valence-corrected chi connectivity index (χ2v) is 14.1. The van der Waals surface area contributed by atoms with E-state index in [1.54, 1.807) is 7.05 Å². The smallest absolute Gasteiger partial charge is 0.256 e. The van der Waals surface area contributed by atoms with Gasteiger partial charge in [-0.25, -0.2) is 5.43 Å². The van der Waals surface area contributed by atoms with Crippen molar-refractivity contribution in [3.05, 3.63) is 12.2 Å². The number of rotatable bonds is 32. The molecule has 0 aromatic carbocycles. The lowest BCUT2D eigenvalue weighted by atomic mass is 9.91. The number of carbonyl (C=O) groups excluding carboxylic acids is 8. The summed E-state index contributed by atoms with van der Waals surface area (Å²) in [6, 6.07) is -1.06. The van der Waals surface area contributed by atoms with E-state index in [1.807, 2.05) is 27.7 Å². The molecule has 1 heterocycles. The topological polar surface area (TPSA) is 240 Å². The van der Waals surface area contributed by atoms with Gasteiger partial charge in [0.1, 0.15) is 25.3 Å². The summed E-state index contributed by atoms with van der Waals surface area (Å²) in [5.41, 5.74) is 7.26. The van der Waals surface area contributed by atoms with Gasteiger partial charge in [0, 0.05) is 70.9 Å². The number of nitrogens with zero attached hydrogens (tertiary/aromatic N) is 2. The summed E-state index contributed by atoms with van der Waals surface area (Å²) in [6.07, 6.45) is 4.46. The first kappa shape index (κ1) is 47.9. The molecule has 54 heavy (non-hydrogen) atoms. The highest BCUT2D eigenvalue weighted by Crippen LogP contribution is 2.19. The molecule has 0 aromatic rings. The van der Waals surface area contributed by atoms with Gasteiger partial charge in [-0.15, -0.1) is 0 Å². The summed E-state index contributed by atoms with van der Waals surface area (Å²) in [6.45, 7) is 9.65. The van der Waals surface area contributed by atoms with Gasteiger partial charge in [0.05, 0.1) is 46.2 Å². The average Bonchev–Trinajstić information content (AvgIpc) is 3.41. The van der Waals surface area contributed by atoms with Gasteiger partial charge in [-0.05, 0) is 17.3 Å². The maximum atomic E-state index is 13.1. The lowest BCUT2D eigenvalue weighted by Crippen LogP contribution is -2.52. The first-order valence-electron chi connectivity index (χ1n) is 17.9. The fourth-order valence-corrected chi connectivity index (χ4v) is 4.53. The van der Waals surface area contributed by atoms with E-state index in [4.69, 9.17) is 18.9 Å². The zero-order chi connectivity index (χ0) is 40.4. The van der Waals surface area contributed by atoms with Crippen molar-refractivity contribution in [2.75, 3.05) is 79.7 Å². The van der Waals surface area contributed by atoms with Gasteiger partial charge in [0.25, 0.3) is 17.7 Å². The van der Waals surface area contributed by atoms with Crippen molar-refractivity contribution in [2.45, 2.75) is 72.3 Å². The maximum Gasteiger partial charge on any atom is 0.256 e. The van der Waals surface area contributed by atoms with Crippen LogP contribution >= 0.6 is 0 Å². The molecular weight excluding hydrogens is 710 g/mol. The highest BCUT2D eigenvalue weighted by atomic mass is 16.5. The zero-order valence-corrected chi connectivity index (χ0v) is 32.2. The molecule has 1 aliphatic rings. The van der Waals surface area contributed by atoms with E-state index >= 15 is 0 Å². The lowest BCUT2D eigenvalue weighted by Gasteiger charge is -2.26. The molecule has 0 spiro atoms. The molecule has 0 bridgehead atoms. The summed E-state index contributed by atoms with van der Waals surface area (Å²) >= 11 is 0. The van der Waals surface area contributed by atoms with Crippen molar-refractivity contribution >= 4 is 48.0 Å². The van der Waals surface area contributed by atoms with Crippen LogP contribution in [0.2, 0.25) is 0 Å². The predicted molar refractivity (Wildman–Crippen MR) is 194 cm³/mol. The number of ether oxygens (including phenoxy) is 4. The largest absolute Gasteiger partial charge is 0.379 e. The Morgan fingerprint density at radius 3 is 1.98 bits per heavy atom. The first-order chi connectivity index (χ1) is 25.6. The molecule has 0 saturated carbocycles. The molecule has 1 rings (SSSR count). The third kappa shape index (κ3) is 22.8. The van der Waals surface area contributed by atoms with Crippen molar-refractivity contribution < 1.29 is 57.3 Å². The molecule has 1 atom stereocenters. The molecule has 5 N–H and O–H groups in total. The Morgan fingerprint density at radius 1 is 0.759 bits per heavy atom. The number of hydrazine groups is 2. The third-order valence-electron chi connectivity index (χ3n) is 7.63. The monoisotopic (exact) mass is 769 g/mol. The number of aldehydes is 2. The number of carbonyl (C=O) groups is 8. The minimum atomic E-state index is -1.06. The Hall–Kier alpha value is -4.14. The summed E-state index contributed by atoms with van der Waals surface area (Å²) < 4.78 is 22.0. The van der Waals surface area contributed by atoms with Gasteiger partial charge in [-0.3, -0.25) is 44.5 Å². The number of nitrogens with one attached hydrogen (secondary N) is 5. The Labute approximate surface area is 316 Å². The molecule has 19 nitrogen and oxygen atoms in total.